The fourth-order valence-corrected chi connectivity index (χ4v) is 2.89. The Morgan fingerprint density at radius 1 is 1.36 bits per heavy atom. The maximum atomic E-state index is 13.0. The van der Waals surface area contributed by atoms with E-state index in [0.29, 0.717) is 18.0 Å². The highest BCUT2D eigenvalue weighted by atomic mass is 16.5. The highest BCUT2D eigenvalue weighted by Gasteiger charge is 2.37. The number of rotatable bonds is 8. The normalized spacial score (nSPS) is 15.2. The number of aromatic nitrogens is 2. The number of aliphatic hydroxyl groups excluding tert-OH is 2. The van der Waals surface area contributed by atoms with Crippen LogP contribution in [-0.4, -0.2) is 32.4 Å². The summed E-state index contributed by atoms with van der Waals surface area (Å²) in [5.74, 6) is -0.623. The van der Waals surface area contributed by atoms with Crippen molar-refractivity contribution in [3.05, 3.63) is 36.6 Å². The van der Waals surface area contributed by atoms with E-state index in [0.717, 1.165) is 0 Å². The van der Waals surface area contributed by atoms with Crippen LogP contribution in [0.2, 0.25) is 0 Å². The van der Waals surface area contributed by atoms with Crippen LogP contribution >= 0.6 is 0 Å². The third-order valence-corrected chi connectivity index (χ3v) is 4.37. The standard InChI is InChI=1S/C20H29N3O5/c1-11(2)10-13(15(25)12(3)24)18(26)21-16(20(4,5)6)17-22-19(28-23-17)14-8-7-9-27-14/h7-9,11,13,15-16,24-25H,3,10H2,1-2,4-6H3,(H,21,26)/t13-,15-,16-/m1/s1. The summed E-state index contributed by atoms with van der Waals surface area (Å²) < 4.78 is 10.5. The quantitative estimate of drug-likeness (QED) is 0.587. The molecule has 2 aromatic heterocycles. The fourth-order valence-electron chi connectivity index (χ4n) is 2.89. The molecule has 0 radical (unpaired) electrons. The molecule has 28 heavy (non-hydrogen) atoms. The molecule has 3 atom stereocenters. The molecule has 0 aromatic carbocycles. The van der Waals surface area contributed by atoms with Gasteiger partial charge in [0.1, 0.15) is 11.9 Å². The van der Waals surface area contributed by atoms with Crippen molar-refractivity contribution in [1.82, 2.24) is 15.5 Å². The van der Waals surface area contributed by atoms with Crippen LogP contribution in [0.25, 0.3) is 11.7 Å². The van der Waals surface area contributed by atoms with Crippen molar-refractivity contribution in [2.45, 2.75) is 53.2 Å². The Balaban J connectivity index is 2.28. The first-order valence-electron chi connectivity index (χ1n) is 9.24. The fraction of sp³-hybridized carbons (Fsp3) is 0.550. The summed E-state index contributed by atoms with van der Waals surface area (Å²) in [7, 11) is 0. The van der Waals surface area contributed by atoms with Gasteiger partial charge in [0.2, 0.25) is 5.91 Å². The third kappa shape index (κ3) is 5.22. The zero-order valence-corrected chi connectivity index (χ0v) is 17.0. The van der Waals surface area contributed by atoms with Gasteiger partial charge in [-0.3, -0.25) is 4.79 Å². The monoisotopic (exact) mass is 391 g/mol. The Morgan fingerprint density at radius 2 is 2.04 bits per heavy atom. The van der Waals surface area contributed by atoms with E-state index in [1.54, 1.807) is 12.1 Å². The molecule has 0 aliphatic rings. The van der Waals surface area contributed by atoms with E-state index < -0.39 is 35.1 Å². The van der Waals surface area contributed by atoms with Gasteiger partial charge < -0.3 is 24.5 Å². The molecule has 0 unspecified atom stereocenters. The lowest BCUT2D eigenvalue weighted by Gasteiger charge is -2.31. The first kappa shape index (κ1) is 21.7. The van der Waals surface area contributed by atoms with E-state index in [1.165, 1.54) is 6.26 Å². The topological polar surface area (TPSA) is 122 Å². The molecule has 2 rings (SSSR count). The van der Waals surface area contributed by atoms with Crippen LogP contribution in [0.4, 0.5) is 0 Å². The molecule has 0 aliphatic carbocycles. The lowest BCUT2D eigenvalue weighted by molar-refractivity contribution is -0.130. The van der Waals surface area contributed by atoms with Gasteiger partial charge in [0.05, 0.1) is 18.2 Å². The second kappa shape index (κ2) is 8.60. The molecule has 8 heteroatoms. The average molecular weight is 391 g/mol. The van der Waals surface area contributed by atoms with Gasteiger partial charge in [-0.1, -0.05) is 46.4 Å². The van der Waals surface area contributed by atoms with Crippen LogP contribution in [0.3, 0.4) is 0 Å². The zero-order valence-electron chi connectivity index (χ0n) is 17.0. The second-order valence-electron chi connectivity index (χ2n) is 8.41. The minimum Gasteiger partial charge on any atom is -0.510 e. The van der Waals surface area contributed by atoms with Gasteiger partial charge in [-0.15, -0.1) is 0 Å². The summed E-state index contributed by atoms with van der Waals surface area (Å²) in [6.45, 7) is 13.0. The van der Waals surface area contributed by atoms with Crippen molar-refractivity contribution >= 4 is 5.91 Å². The smallest absolute Gasteiger partial charge is 0.293 e. The maximum Gasteiger partial charge on any atom is 0.293 e. The van der Waals surface area contributed by atoms with Gasteiger partial charge in [-0.05, 0) is 29.9 Å². The van der Waals surface area contributed by atoms with Crippen LogP contribution in [-0.2, 0) is 4.79 Å². The number of carbonyl (C=O) groups excluding carboxylic acids is 1. The minimum absolute atomic E-state index is 0.133. The first-order chi connectivity index (χ1) is 13.0. The van der Waals surface area contributed by atoms with Gasteiger partial charge >= 0.3 is 0 Å². The summed E-state index contributed by atoms with van der Waals surface area (Å²) in [6, 6.07) is 2.83. The molecule has 1 amide bonds. The molecule has 0 spiro atoms. The number of nitrogens with one attached hydrogen (secondary N) is 1. The molecule has 154 valence electrons. The molecular weight excluding hydrogens is 362 g/mol. The van der Waals surface area contributed by atoms with Crippen LogP contribution in [0.5, 0.6) is 0 Å². The average Bonchev–Trinajstić information content (AvgIpc) is 3.26. The Kier molecular flexibility index (Phi) is 6.66. The van der Waals surface area contributed by atoms with Gasteiger partial charge in [0.15, 0.2) is 11.6 Å². The van der Waals surface area contributed by atoms with Crippen molar-refractivity contribution < 1.29 is 23.9 Å². The molecule has 0 saturated heterocycles. The summed E-state index contributed by atoms with van der Waals surface area (Å²) >= 11 is 0. The number of nitrogens with zero attached hydrogens (tertiary/aromatic N) is 2. The Labute approximate surface area is 164 Å². The number of aliphatic hydroxyl groups is 2. The van der Waals surface area contributed by atoms with Gasteiger partial charge in [0, 0.05) is 0 Å². The van der Waals surface area contributed by atoms with E-state index in [1.807, 2.05) is 34.6 Å². The summed E-state index contributed by atoms with van der Waals surface area (Å²) in [6.07, 6.45) is 0.529. The lowest BCUT2D eigenvalue weighted by Crippen LogP contribution is -2.44. The van der Waals surface area contributed by atoms with Crippen molar-refractivity contribution in [3.8, 4) is 11.7 Å². The molecule has 2 aromatic rings. The van der Waals surface area contributed by atoms with Gasteiger partial charge in [-0.2, -0.15) is 4.98 Å². The Hall–Kier alpha value is -2.61. The number of furan rings is 1. The molecule has 2 heterocycles. The van der Waals surface area contributed by atoms with Crippen molar-refractivity contribution in [2.75, 3.05) is 0 Å². The maximum absolute atomic E-state index is 13.0. The van der Waals surface area contributed by atoms with Crippen molar-refractivity contribution in [3.63, 3.8) is 0 Å². The Morgan fingerprint density at radius 3 is 2.54 bits per heavy atom. The molecule has 0 saturated carbocycles. The van der Waals surface area contributed by atoms with Crippen LogP contribution in [0, 0.1) is 17.3 Å². The van der Waals surface area contributed by atoms with Crippen LogP contribution in [0.15, 0.2) is 39.7 Å². The molecule has 8 nitrogen and oxygen atoms in total. The number of hydrogen-bond acceptors (Lipinski definition) is 7. The summed E-state index contributed by atoms with van der Waals surface area (Å²) in [5, 5.41) is 26.8. The summed E-state index contributed by atoms with van der Waals surface area (Å²) in [4.78, 5) is 17.3. The SMILES string of the molecule is C=C(O)[C@@H](O)[C@@H](CC(C)C)C(=O)N[C@H](c1noc(-c2ccco2)n1)C(C)(C)C. The van der Waals surface area contributed by atoms with E-state index in [9.17, 15) is 15.0 Å². The molecule has 0 bridgehead atoms. The zero-order chi connectivity index (χ0) is 21.1. The van der Waals surface area contributed by atoms with Crippen LogP contribution < -0.4 is 5.32 Å². The molecule has 0 fully saturated rings. The van der Waals surface area contributed by atoms with Crippen molar-refractivity contribution in [1.29, 1.82) is 0 Å². The Bertz CT molecular complexity index is 789. The largest absolute Gasteiger partial charge is 0.510 e. The molecule has 0 aliphatic heterocycles. The molecule has 3 N–H and O–H groups in total. The predicted octanol–water partition coefficient (Wildman–Crippen LogP) is 3.63. The van der Waals surface area contributed by atoms with E-state index >= 15 is 0 Å². The van der Waals surface area contributed by atoms with E-state index in [-0.39, 0.29) is 11.8 Å². The highest BCUT2D eigenvalue weighted by Crippen LogP contribution is 2.33. The minimum atomic E-state index is -1.35. The number of hydrogen-bond donors (Lipinski definition) is 3. The van der Waals surface area contributed by atoms with E-state index in [4.69, 9.17) is 8.94 Å². The number of amides is 1. The highest BCUT2D eigenvalue weighted by molar-refractivity contribution is 5.80. The van der Waals surface area contributed by atoms with Gasteiger partial charge in [-0.25, -0.2) is 0 Å². The second-order valence-corrected chi connectivity index (χ2v) is 8.41. The third-order valence-electron chi connectivity index (χ3n) is 4.37. The number of carbonyl (C=O) groups is 1. The van der Waals surface area contributed by atoms with Gasteiger partial charge in [0.25, 0.3) is 5.89 Å². The molecular formula is C20H29N3O5. The summed E-state index contributed by atoms with van der Waals surface area (Å²) in [5.41, 5.74) is -0.441. The van der Waals surface area contributed by atoms with E-state index in [2.05, 4.69) is 22.0 Å². The van der Waals surface area contributed by atoms with Crippen LogP contribution in [0.1, 0.15) is 52.9 Å². The lowest BCUT2D eigenvalue weighted by atomic mass is 9.84. The van der Waals surface area contributed by atoms with Crippen molar-refractivity contribution in [2.24, 2.45) is 17.3 Å². The predicted molar refractivity (Wildman–Crippen MR) is 103 cm³/mol. The first-order valence-corrected chi connectivity index (χ1v) is 9.24.